The maximum absolute atomic E-state index is 13.1. The third-order valence-corrected chi connectivity index (χ3v) is 9.42. The lowest BCUT2D eigenvalue weighted by molar-refractivity contribution is 0.0971. The molecule has 1 saturated carbocycles. The number of nitrogens with zero attached hydrogens (tertiary/aromatic N) is 4. The Bertz CT molecular complexity index is 1190. The number of ether oxygens (including phenoxy) is 2. The van der Waals surface area contributed by atoms with Crippen LogP contribution in [0.15, 0.2) is 24.4 Å². The Morgan fingerprint density at radius 3 is 2.54 bits per heavy atom. The molecular weight excluding hydrogens is 498 g/mol. The molecular formula is C24H35N7O5S. The van der Waals surface area contributed by atoms with Gasteiger partial charge in [0.25, 0.3) is 0 Å². The van der Waals surface area contributed by atoms with Crippen molar-refractivity contribution in [2.45, 2.75) is 43.2 Å². The fourth-order valence-electron chi connectivity index (χ4n) is 4.72. The highest BCUT2D eigenvalue weighted by Crippen LogP contribution is 2.34. The number of piperazine rings is 1. The van der Waals surface area contributed by atoms with Gasteiger partial charge in [-0.25, -0.2) is 13.4 Å². The minimum Gasteiger partial charge on any atom is -0.495 e. The van der Waals surface area contributed by atoms with Gasteiger partial charge in [-0.05, 0) is 37.8 Å². The van der Waals surface area contributed by atoms with Gasteiger partial charge in [-0.2, -0.15) is 9.29 Å². The molecule has 0 bridgehead atoms. The minimum atomic E-state index is -3.32. The van der Waals surface area contributed by atoms with Crippen molar-refractivity contribution in [2.75, 3.05) is 62.0 Å². The molecule has 1 unspecified atom stereocenters. The van der Waals surface area contributed by atoms with E-state index in [1.165, 1.54) is 6.20 Å². The van der Waals surface area contributed by atoms with Gasteiger partial charge in [-0.15, -0.1) is 0 Å². The number of aliphatic hydroxyl groups excluding tert-OH is 1. The summed E-state index contributed by atoms with van der Waals surface area (Å²) in [4.78, 5) is 11.0. The molecule has 5 N–H and O–H groups in total. The summed E-state index contributed by atoms with van der Waals surface area (Å²) in [5.41, 5.74) is 7.74. The molecule has 1 atom stereocenters. The fraction of sp³-hybridized carbons (Fsp3) is 0.583. The number of hydrogen-bond acceptors (Lipinski definition) is 11. The summed E-state index contributed by atoms with van der Waals surface area (Å²) in [5.74, 6) is 1.55. The van der Waals surface area contributed by atoms with Crippen LogP contribution < -0.4 is 26.0 Å². The zero-order chi connectivity index (χ0) is 26.0. The average Bonchev–Trinajstić information content (AvgIpc) is 3.73. The van der Waals surface area contributed by atoms with Crippen molar-refractivity contribution in [2.24, 2.45) is 5.73 Å². The van der Waals surface area contributed by atoms with Gasteiger partial charge < -0.3 is 35.8 Å². The molecule has 0 radical (unpaired) electrons. The average molecular weight is 534 g/mol. The Morgan fingerprint density at radius 1 is 1.16 bits per heavy atom. The van der Waals surface area contributed by atoms with E-state index in [-0.39, 0.29) is 5.25 Å². The van der Waals surface area contributed by atoms with Gasteiger partial charge >= 0.3 is 0 Å². The highest BCUT2D eigenvalue weighted by molar-refractivity contribution is 7.89. The van der Waals surface area contributed by atoms with Gasteiger partial charge in [-0.1, -0.05) is 0 Å². The van der Waals surface area contributed by atoms with Crippen molar-refractivity contribution in [3.63, 3.8) is 0 Å². The summed E-state index contributed by atoms with van der Waals surface area (Å²) in [6.45, 7) is 3.04. The number of rotatable bonds is 9. The van der Waals surface area contributed by atoms with Crippen LogP contribution in [0, 0.1) is 0 Å². The van der Waals surface area contributed by atoms with Crippen LogP contribution in [0.2, 0.25) is 0 Å². The summed E-state index contributed by atoms with van der Waals surface area (Å²) in [6, 6.07) is 6.06. The van der Waals surface area contributed by atoms with Crippen molar-refractivity contribution in [1.29, 1.82) is 0 Å². The number of methoxy groups -OCH3 is 1. The van der Waals surface area contributed by atoms with Crippen LogP contribution in [0.3, 0.4) is 0 Å². The van der Waals surface area contributed by atoms with E-state index in [9.17, 15) is 13.5 Å². The van der Waals surface area contributed by atoms with Crippen molar-refractivity contribution >= 4 is 33.2 Å². The first kappa shape index (κ1) is 25.9. The Labute approximate surface area is 217 Å². The molecule has 3 heterocycles. The molecule has 2 aromatic rings. The van der Waals surface area contributed by atoms with Crippen LogP contribution in [0.1, 0.15) is 37.5 Å². The van der Waals surface area contributed by atoms with E-state index in [2.05, 4.69) is 25.5 Å². The highest BCUT2D eigenvalue weighted by Gasteiger charge is 2.35. The second-order valence-electron chi connectivity index (χ2n) is 9.62. The van der Waals surface area contributed by atoms with Crippen LogP contribution in [0.4, 0.5) is 23.1 Å². The van der Waals surface area contributed by atoms with Crippen molar-refractivity contribution < 1.29 is 23.0 Å². The number of nitrogens with two attached hydrogens (primary N) is 1. The van der Waals surface area contributed by atoms with E-state index in [1.54, 1.807) is 11.4 Å². The lowest BCUT2D eigenvalue weighted by atomic mass is 10.2. The molecule has 3 aliphatic rings. The Hall–Kier alpha value is -2.71. The number of hydrogen-bond donors (Lipinski definition) is 4. The largest absolute Gasteiger partial charge is 0.495 e. The van der Waals surface area contributed by atoms with E-state index in [0.717, 1.165) is 24.2 Å². The second kappa shape index (κ2) is 11.0. The number of anilines is 4. The molecule has 2 aliphatic heterocycles. The third-order valence-electron chi connectivity index (χ3n) is 7.02. The molecule has 12 nitrogen and oxygen atoms in total. The van der Waals surface area contributed by atoms with Gasteiger partial charge in [-0.3, -0.25) is 0 Å². The van der Waals surface area contributed by atoms with Crippen molar-refractivity contribution in [3.05, 3.63) is 30.0 Å². The molecule has 1 aromatic heterocycles. The Balaban J connectivity index is 1.26. The maximum Gasteiger partial charge on any atom is 0.229 e. The Morgan fingerprint density at radius 2 is 1.89 bits per heavy atom. The lowest BCUT2D eigenvalue weighted by Crippen LogP contribution is -2.52. The predicted octanol–water partition coefficient (Wildman–Crippen LogP) is 1.38. The lowest BCUT2D eigenvalue weighted by Gasteiger charge is -2.38. The van der Waals surface area contributed by atoms with Gasteiger partial charge in [0.1, 0.15) is 17.8 Å². The van der Waals surface area contributed by atoms with Gasteiger partial charge in [0, 0.05) is 63.4 Å². The number of aliphatic hydroxyl groups is 1. The maximum atomic E-state index is 13.1. The fourth-order valence-corrected chi connectivity index (χ4v) is 6.60. The zero-order valence-corrected chi connectivity index (χ0v) is 21.8. The zero-order valence-electron chi connectivity index (χ0n) is 21.0. The van der Waals surface area contributed by atoms with Gasteiger partial charge in [0.2, 0.25) is 16.0 Å². The van der Waals surface area contributed by atoms with Crippen molar-refractivity contribution in [3.8, 4) is 5.75 Å². The summed E-state index contributed by atoms with van der Waals surface area (Å²) in [5, 5.41) is 16.0. The molecule has 5 rings (SSSR count). The van der Waals surface area contributed by atoms with E-state index < -0.39 is 16.3 Å². The Kier molecular flexibility index (Phi) is 7.67. The van der Waals surface area contributed by atoms with Gasteiger partial charge in [0.15, 0.2) is 0 Å². The number of nitrogens with one attached hydrogen (secondary N) is 2. The quantitative estimate of drug-likeness (QED) is 0.346. The van der Waals surface area contributed by atoms with Gasteiger partial charge in [0.05, 0.1) is 23.6 Å². The summed E-state index contributed by atoms with van der Waals surface area (Å²) >= 11 is 0. The highest BCUT2D eigenvalue weighted by atomic mass is 32.2. The normalized spacial score (nSPS) is 20.5. The summed E-state index contributed by atoms with van der Waals surface area (Å²) in [7, 11) is -1.71. The smallest absolute Gasteiger partial charge is 0.229 e. The topological polar surface area (TPSA) is 155 Å². The third kappa shape index (κ3) is 5.91. The predicted molar refractivity (Wildman–Crippen MR) is 141 cm³/mol. The molecule has 13 heteroatoms. The summed E-state index contributed by atoms with van der Waals surface area (Å²) in [6.07, 6.45) is 3.58. The van der Waals surface area contributed by atoms with Crippen LogP contribution in [-0.4, -0.2) is 85.6 Å². The number of aromatic nitrogens is 2. The first-order chi connectivity index (χ1) is 17.8. The van der Waals surface area contributed by atoms with E-state index >= 15 is 0 Å². The molecule has 1 aliphatic carbocycles. The first-order valence-corrected chi connectivity index (χ1v) is 14.2. The number of sulfonamides is 1. The standard InChI is InChI=1S/C24H35N7O5S/c1-35-21-14-17(28-24-26-15-19(22(25)32)23(29-24)27-16-2-3-16)4-5-20(21)30-8-10-31(11-9-30)37(33,34)18-6-12-36-13-7-18/h4-5,14-16,18,22,32H,2-3,6-13,25H2,1H3,(H2,26,27,28,29). The molecule has 37 heavy (non-hydrogen) atoms. The SMILES string of the molecule is COc1cc(Nc2ncc(C(N)O)c(NC3CC3)n2)ccc1N1CCN(S(=O)(=O)C2CCOCC2)CC1. The van der Waals surface area contributed by atoms with Crippen LogP contribution >= 0.6 is 0 Å². The van der Waals surface area contributed by atoms with Crippen LogP contribution in [0.5, 0.6) is 5.75 Å². The second-order valence-corrected chi connectivity index (χ2v) is 11.8. The van der Waals surface area contributed by atoms with E-state index in [4.69, 9.17) is 15.2 Å². The minimum absolute atomic E-state index is 0.340. The van der Waals surface area contributed by atoms with E-state index in [1.807, 2.05) is 18.2 Å². The molecule has 202 valence electrons. The van der Waals surface area contributed by atoms with Crippen molar-refractivity contribution in [1.82, 2.24) is 14.3 Å². The summed E-state index contributed by atoms with van der Waals surface area (Å²) < 4.78 is 38.7. The molecule has 0 amide bonds. The van der Waals surface area contributed by atoms with Crippen LogP contribution in [0.25, 0.3) is 0 Å². The molecule has 3 fully saturated rings. The number of benzene rings is 1. The monoisotopic (exact) mass is 533 g/mol. The first-order valence-electron chi connectivity index (χ1n) is 12.7. The molecule has 2 saturated heterocycles. The van der Waals surface area contributed by atoms with Crippen LogP contribution in [-0.2, 0) is 14.8 Å². The van der Waals surface area contributed by atoms with E-state index in [0.29, 0.717) is 81.4 Å². The molecule has 0 spiro atoms. The molecule has 1 aromatic carbocycles.